The predicted molar refractivity (Wildman–Crippen MR) is 60.5 cm³/mol. The molecule has 0 bridgehead atoms. The third-order valence-corrected chi connectivity index (χ3v) is 2.05. The van der Waals surface area contributed by atoms with Crippen molar-refractivity contribution in [2.45, 2.75) is 0 Å². The van der Waals surface area contributed by atoms with Crippen LogP contribution in [0.2, 0.25) is 0 Å². The number of methoxy groups -OCH3 is 2. The number of carbonyl (C=O) groups excluding carboxylic acids is 1. The van der Waals surface area contributed by atoms with Gasteiger partial charge in [0, 0.05) is 0 Å². The van der Waals surface area contributed by atoms with E-state index in [9.17, 15) is 4.79 Å². The van der Waals surface area contributed by atoms with Crippen molar-refractivity contribution < 1.29 is 19.4 Å². The molecule has 0 fully saturated rings. The van der Waals surface area contributed by atoms with Crippen molar-refractivity contribution in [2.24, 2.45) is 0 Å². The second kappa shape index (κ2) is 5.92. The highest BCUT2D eigenvalue weighted by Crippen LogP contribution is 2.21. The summed E-state index contributed by atoms with van der Waals surface area (Å²) in [6.07, 6.45) is 3.34. The van der Waals surface area contributed by atoms with Crippen LogP contribution in [0.1, 0.15) is 15.9 Å². The lowest BCUT2D eigenvalue weighted by Gasteiger charge is -2.07. The number of rotatable bonds is 4. The van der Waals surface area contributed by atoms with E-state index in [2.05, 4.69) is 4.74 Å². The summed E-state index contributed by atoms with van der Waals surface area (Å²) < 4.78 is 9.71. The standard InChI is InChI=1S/C12H14O4/c1-15-11-8-9(4-3-7-13)5-6-10(11)12(14)16-2/h3-6,8,13H,7H2,1-2H3. The van der Waals surface area contributed by atoms with E-state index in [0.717, 1.165) is 5.56 Å². The number of hydrogen-bond donors (Lipinski definition) is 1. The molecule has 1 aromatic carbocycles. The average Bonchev–Trinajstić information content (AvgIpc) is 2.34. The van der Waals surface area contributed by atoms with Crippen molar-refractivity contribution in [3.05, 3.63) is 35.4 Å². The van der Waals surface area contributed by atoms with Crippen LogP contribution in [0, 0.1) is 0 Å². The lowest BCUT2D eigenvalue weighted by molar-refractivity contribution is 0.0597. The topological polar surface area (TPSA) is 55.8 Å². The van der Waals surface area contributed by atoms with E-state index in [-0.39, 0.29) is 6.61 Å². The normalized spacial score (nSPS) is 10.4. The summed E-state index contributed by atoms with van der Waals surface area (Å²) in [7, 11) is 2.81. The molecule has 0 aromatic heterocycles. The van der Waals surface area contributed by atoms with Gasteiger partial charge in [-0.15, -0.1) is 0 Å². The lowest BCUT2D eigenvalue weighted by atomic mass is 10.1. The van der Waals surface area contributed by atoms with Crippen LogP contribution in [0.25, 0.3) is 6.08 Å². The average molecular weight is 222 g/mol. The molecule has 0 heterocycles. The van der Waals surface area contributed by atoms with Gasteiger partial charge in [0.1, 0.15) is 11.3 Å². The summed E-state index contributed by atoms with van der Waals surface area (Å²) in [5.74, 6) is 0.0153. The zero-order valence-electron chi connectivity index (χ0n) is 9.27. The van der Waals surface area contributed by atoms with Gasteiger partial charge in [0.25, 0.3) is 0 Å². The van der Waals surface area contributed by atoms with Crippen molar-refractivity contribution in [1.29, 1.82) is 0 Å². The molecule has 0 aliphatic heterocycles. The summed E-state index contributed by atoms with van der Waals surface area (Å²) in [4.78, 5) is 11.4. The quantitative estimate of drug-likeness (QED) is 0.784. The zero-order chi connectivity index (χ0) is 12.0. The predicted octanol–water partition coefficient (Wildman–Crippen LogP) is 1.49. The first-order valence-electron chi connectivity index (χ1n) is 4.76. The summed E-state index contributed by atoms with van der Waals surface area (Å²) in [5, 5.41) is 8.64. The highest BCUT2D eigenvalue weighted by molar-refractivity contribution is 5.92. The van der Waals surface area contributed by atoms with Gasteiger partial charge in [0.2, 0.25) is 0 Å². The van der Waals surface area contributed by atoms with Gasteiger partial charge in [0.15, 0.2) is 0 Å². The SMILES string of the molecule is COC(=O)c1ccc(C=CCO)cc1OC. The van der Waals surface area contributed by atoms with Crippen LogP contribution >= 0.6 is 0 Å². The maximum Gasteiger partial charge on any atom is 0.341 e. The molecule has 0 aliphatic rings. The van der Waals surface area contributed by atoms with Crippen LogP contribution in [0.5, 0.6) is 5.75 Å². The smallest absolute Gasteiger partial charge is 0.341 e. The van der Waals surface area contributed by atoms with Crippen molar-refractivity contribution in [3.8, 4) is 5.75 Å². The van der Waals surface area contributed by atoms with E-state index in [4.69, 9.17) is 9.84 Å². The van der Waals surface area contributed by atoms with Crippen molar-refractivity contribution in [3.63, 3.8) is 0 Å². The van der Waals surface area contributed by atoms with Gasteiger partial charge in [0.05, 0.1) is 20.8 Å². The Morgan fingerprint density at radius 3 is 2.75 bits per heavy atom. The Morgan fingerprint density at radius 1 is 1.44 bits per heavy atom. The molecule has 0 saturated carbocycles. The van der Waals surface area contributed by atoms with Crippen molar-refractivity contribution >= 4 is 12.0 Å². The molecule has 0 amide bonds. The van der Waals surface area contributed by atoms with Crippen LogP contribution in [0.3, 0.4) is 0 Å². The van der Waals surface area contributed by atoms with Crippen LogP contribution in [0.15, 0.2) is 24.3 Å². The molecule has 0 atom stereocenters. The third kappa shape index (κ3) is 2.84. The largest absolute Gasteiger partial charge is 0.496 e. The Bertz CT molecular complexity index is 396. The van der Waals surface area contributed by atoms with E-state index < -0.39 is 5.97 Å². The summed E-state index contributed by atoms with van der Waals surface area (Å²) in [6.45, 7) is -0.0267. The number of carbonyl (C=O) groups is 1. The fraction of sp³-hybridized carbons (Fsp3) is 0.250. The van der Waals surface area contributed by atoms with E-state index in [1.165, 1.54) is 14.2 Å². The highest BCUT2D eigenvalue weighted by Gasteiger charge is 2.12. The van der Waals surface area contributed by atoms with E-state index >= 15 is 0 Å². The van der Waals surface area contributed by atoms with Gasteiger partial charge < -0.3 is 14.6 Å². The first kappa shape index (κ1) is 12.3. The molecule has 1 rings (SSSR count). The Hall–Kier alpha value is -1.81. The van der Waals surface area contributed by atoms with Crippen LogP contribution in [0.4, 0.5) is 0 Å². The maximum atomic E-state index is 11.4. The minimum Gasteiger partial charge on any atom is -0.496 e. The van der Waals surface area contributed by atoms with Crippen LogP contribution < -0.4 is 4.74 Å². The second-order valence-corrected chi connectivity index (χ2v) is 3.04. The number of benzene rings is 1. The summed E-state index contributed by atoms with van der Waals surface area (Å²) in [6, 6.07) is 5.08. The first-order valence-corrected chi connectivity index (χ1v) is 4.76. The fourth-order valence-corrected chi connectivity index (χ4v) is 1.28. The molecular formula is C12H14O4. The highest BCUT2D eigenvalue weighted by atomic mass is 16.5. The number of esters is 1. The van der Waals surface area contributed by atoms with Gasteiger partial charge in [-0.25, -0.2) is 4.79 Å². The van der Waals surface area contributed by atoms with Gasteiger partial charge >= 0.3 is 5.97 Å². The second-order valence-electron chi connectivity index (χ2n) is 3.04. The molecule has 16 heavy (non-hydrogen) atoms. The lowest BCUT2D eigenvalue weighted by Crippen LogP contribution is -2.04. The molecule has 86 valence electrons. The van der Waals surface area contributed by atoms with E-state index in [1.54, 1.807) is 30.4 Å². The minimum absolute atomic E-state index is 0.0267. The van der Waals surface area contributed by atoms with Gasteiger partial charge in [-0.3, -0.25) is 0 Å². The number of hydrogen-bond acceptors (Lipinski definition) is 4. The molecule has 4 nitrogen and oxygen atoms in total. The Kier molecular flexibility index (Phi) is 4.54. The number of aliphatic hydroxyl groups is 1. The van der Waals surface area contributed by atoms with Gasteiger partial charge in [-0.05, 0) is 17.7 Å². The Morgan fingerprint density at radius 2 is 2.19 bits per heavy atom. The monoisotopic (exact) mass is 222 g/mol. The molecule has 0 aliphatic carbocycles. The molecule has 1 N–H and O–H groups in total. The van der Waals surface area contributed by atoms with Gasteiger partial charge in [-0.2, -0.15) is 0 Å². The van der Waals surface area contributed by atoms with Gasteiger partial charge in [-0.1, -0.05) is 18.2 Å². The number of aliphatic hydroxyl groups excluding tert-OH is 1. The van der Waals surface area contributed by atoms with Crippen LogP contribution in [-0.4, -0.2) is 31.9 Å². The molecule has 0 saturated heterocycles. The zero-order valence-corrected chi connectivity index (χ0v) is 9.27. The summed E-state index contributed by atoms with van der Waals surface area (Å²) >= 11 is 0. The summed E-state index contributed by atoms with van der Waals surface area (Å²) in [5.41, 5.74) is 1.23. The van der Waals surface area contributed by atoms with Crippen molar-refractivity contribution in [2.75, 3.05) is 20.8 Å². The van der Waals surface area contributed by atoms with Crippen LogP contribution in [-0.2, 0) is 4.74 Å². The Labute approximate surface area is 94.1 Å². The maximum absolute atomic E-state index is 11.4. The molecule has 0 unspecified atom stereocenters. The third-order valence-electron chi connectivity index (χ3n) is 2.05. The molecular weight excluding hydrogens is 208 g/mol. The minimum atomic E-state index is -0.436. The molecule has 0 radical (unpaired) electrons. The van der Waals surface area contributed by atoms with E-state index in [0.29, 0.717) is 11.3 Å². The fourth-order valence-electron chi connectivity index (χ4n) is 1.28. The molecule has 0 spiro atoms. The molecule has 1 aromatic rings. The molecule has 4 heteroatoms. The van der Waals surface area contributed by atoms with E-state index in [1.807, 2.05) is 0 Å². The first-order chi connectivity index (χ1) is 7.72. The number of ether oxygens (including phenoxy) is 2. The Balaban J connectivity index is 3.06. The van der Waals surface area contributed by atoms with Crippen molar-refractivity contribution in [1.82, 2.24) is 0 Å².